The fraction of sp³-hybridized carbons (Fsp3) is 0.263. The van der Waals surface area contributed by atoms with Crippen molar-refractivity contribution in [2.24, 2.45) is 0 Å². The van der Waals surface area contributed by atoms with Gasteiger partial charge in [0.1, 0.15) is 0 Å². The molecule has 0 aliphatic heterocycles. The Morgan fingerprint density at radius 1 is 1.12 bits per heavy atom. The molecular weight excluding hydrogens is 302 g/mol. The number of carbonyl (C=O) groups excluding carboxylic acids is 1. The first kappa shape index (κ1) is 16.2. The molecule has 124 valence electrons. The molecule has 0 atom stereocenters. The number of nitrogens with one attached hydrogen (secondary N) is 1. The lowest BCUT2D eigenvalue weighted by Crippen LogP contribution is -2.16. The average molecular weight is 323 g/mol. The van der Waals surface area contributed by atoms with Crippen LogP contribution in [0.1, 0.15) is 18.4 Å². The van der Waals surface area contributed by atoms with E-state index >= 15 is 0 Å². The molecule has 0 radical (unpaired) electrons. The summed E-state index contributed by atoms with van der Waals surface area (Å²) in [6.07, 6.45) is 1.11. The molecule has 1 heterocycles. The van der Waals surface area contributed by atoms with Gasteiger partial charge in [-0.25, -0.2) is 4.98 Å². The number of anilines is 1. The van der Waals surface area contributed by atoms with E-state index in [9.17, 15) is 4.79 Å². The lowest BCUT2D eigenvalue weighted by Gasteiger charge is -2.10. The number of para-hydroxylation sites is 2. The smallest absolute Gasteiger partial charge is 0.226 e. The normalized spacial score (nSPS) is 10.9. The van der Waals surface area contributed by atoms with Crippen molar-refractivity contribution >= 4 is 22.9 Å². The summed E-state index contributed by atoms with van der Waals surface area (Å²) in [5.74, 6) is 0.541. The standard InChI is InChI=1S/C19H21N3O2/c1-24-13-7-12-18(23)21-19-20-16-10-5-6-11-17(16)22(19)14-15-8-3-2-4-9-15/h2-6,8-11H,7,12-14H2,1H3,(H,20,21,23). The minimum atomic E-state index is -0.0448. The van der Waals surface area contributed by atoms with Crippen LogP contribution < -0.4 is 5.32 Å². The van der Waals surface area contributed by atoms with Gasteiger partial charge in [0, 0.05) is 20.1 Å². The number of methoxy groups -OCH3 is 1. The van der Waals surface area contributed by atoms with Crippen molar-refractivity contribution in [3.63, 3.8) is 0 Å². The topological polar surface area (TPSA) is 56.1 Å². The number of carbonyl (C=O) groups is 1. The van der Waals surface area contributed by atoms with Crippen molar-refractivity contribution in [3.05, 3.63) is 60.2 Å². The molecule has 1 amide bonds. The van der Waals surface area contributed by atoms with Crippen molar-refractivity contribution in [1.82, 2.24) is 9.55 Å². The second kappa shape index (κ2) is 7.75. The number of imidazole rings is 1. The molecule has 2 aromatic carbocycles. The largest absolute Gasteiger partial charge is 0.385 e. The summed E-state index contributed by atoms with van der Waals surface area (Å²) in [4.78, 5) is 16.7. The first-order chi connectivity index (χ1) is 11.8. The van der Waals surface area contributed by atoms with Gasteiger partial charge in [-0.2, -0.15) is 0 Å². The summed E-state index contributed by atoms with van der Waals surface area (Å²) in [6, 6.07) is 18.1. The Labute approximate surface area is 141 Å². The van der Waals surface area contributed by atoms with Crippen molar-refractivity contribution in [3.8, 4) is 0 Å². The maximum Gasteiger partial charge on any atom is 0.226 e. The molecule has 0 saturated carbocycles. The van der Waals surface area contributed by atoms with Crippen LogP contribution in [0.25, 0.3) is 11.0 Å². The predicted octanol–water partition coefficient (Wildman–Crippen LogP) is 3.45. The third-order valence-corrected chi connectivity index (χ3v) is 3.84. The molecule has 0 fully saturated rings. The summed E-state index contributed by atoms with van der Waals surface area (Å²) >= 11 is 0. The number of hydrogen-bond acceptors (Lipinski definition) is 3. The van der Waals surface area contributed by atoms with Crippen molar-refractivity contribution in [2.45, 2.75) is 19.4 Å². The summed E-state index contributed by atoms with van der Waals surface area (Å²) in [6.45, 7) is 1.24. The highest BCUT2D eigenvalue weighted by molar-refractivity contribution is 5.91. The first-order valence-corrected chi connectivity index (χ1v) is 8.06. The molecule has 1 N–H and O–H groups in total. The van der Waals surface area contributed by atoms with E-state index < -0.39 is 0 Å². The fourth-order valence-electron chi connectivity index (χ4n) is 2.66. The monoisotopic (exact) mass is 323 g/mol. The Bertz CT molecular complexity index is 812. The zero-order valence-electron chi connectivity index (χ0n) is 13.7. The third kappa shape index (κ3) is 3.81. The van der Waals surface area contributed by atoms with Gasteiger partial charge in [-0.1, -0.05) is 42.5 Å². The molecule has 0 spiro atoms. The summed E-state index contributed by atoms with van der Waals surface area (Å²) in [5, 5.41) is 2.94. The van der Waals surface area contributed by atoms with Crippen LogP contribution in [0.5, 0.6) is 0 Å². The number of benzene rings is 2. The zero-order valence-corrected chi connectivity index (χ0v) is 13.7. The van der Waals surface area contributed by atoms with Gasteiger partial charge >= 0.3 is 0 Å². The van der Waals surface area contributed by atoms with Gasteiger partial charge in [-0.05, 0) is 24.1 Å². The van der Waals surface area contributed by atoms with Gasteiger partial charge in [0.25, 0.3) is 0 Å². The molecule has 5 nitrogen and oxygen atoms in total. The van der Waals surface area contributed by atoms with Crippen LogP contribution in [0.2, 0.25) is 0 Å². The van der Waals surface area contributed by atoms with Gasteiger partial charge in [0.05, 0.1) is 17.6 Å². The average Bonchev–Trinajstić information content (AvgIpc) is 2.93. The van der Waals surface area contributed by atoms with Crippen LogP contribution in [0.15, 0.2) is 54.6 Å². The number of nitrogens with zero attached hydrogens (tertiary/aromatic N) is 2. The highest BCUT2D eigenvalue weighted by Gasteiger charge is 2.13. The maximum absolute atomic E-state index is 12.1. The number of ether oxygens (including phenoxy) is 1. The Balaban J connectivity index is 1.86. The van der Waals surface area contributed by atoms with Crippen LogP contribution in [0.4, 0.5) is 5.95 Å². The van der Waals surface area contributed by atoms with E-state index in [0.29, 0.717) is 31.9 Å². The number of aromatic nitrogens is 2. The van der Waals surface area contributed by atoms with E-state index in [4.69, 9.17) is 4.74 Å². The number of amides is 1. The maximum atomic E-state index is 12.1. The minimum absolute atomic E-state index is 0.0448. The lowest BCUT2D eigenvalue weighted by molar-refractivity contribution is -0.116. The molecule has 0 aliphatic carbocycles. The number of fused-ring (bicyclic) bond motifs is 1. The van der Waals surface area contributed by atoms with Crippen LogP contribution in [0, 0.1) is 0 Å². The second-order valence-electron chi connectivity index (χ2n) is 5.64. The van der Waals surface area contributed by atoms with E-state index in [2.05, 4.69) is 22.4 Å². The van der Waals surface area contributed by atoms with Gasteiger partial charge in [-0.15, -0.1) is 0 Å². The Hall–Kier alpha value is -2.66. The van der Waals surface area contributed by atoms with Gasteiger partial charge in [0.2, 0.25) is 11.9 Å². The third-order valence-electron chi connectivity index (χ3n) is 3.84. The van der Waals surface area contributed by atoms with Crippen LogP contribution in [0.3, 0.4) is 0 Å². The Morgan fingerprint density at radius 2 is 1.88 bits per heavy atom. The predicted molar refractivity (Wildman–Crippen MR) is 95.0 cm³/mol. The molecule has 1 aromatic heterocycles. The minimum Gasteiger partial charge on any atom is -0.385 e. The van der Waals surface area contributed by atoms with Gasteiger partial charge in [0.15, 0.2) is 0 Å². The van der Waals surface area contributed by atoms with Gasteiger partial charge in [-0.3, -0.25) is 10.1 Å². The molecule has 3 rings (SSSR count). The van der Waals surface area contributed by atoms with E-state index in [1.807, 2.05) is 47.0 Å². The molecule has 0 aliphatic rings. The highest BCUT2D eigenvalue weighted by Crippen LogP contribution is 2.21. The van der Waals surface area contributed by atoms with Crippen molar-refractivity contribution in [1.29, 1.82) is 0 Å². The zero-order chi connectivity index (χ0) is 16.8. The molecule has 24 heavy (non-hydrogen) atoms. The van der Waals surface area contributed by atoms with E-state index in [1.54, 1.807) is 7.11 Å². The number of hydrogen-bond donors (Lipinski definition) is 1. The summed E-state index contributed by atoms with van der Waals surface area (Å²) in [5.41, 5.74) is 3.05. The molecule has 5 heteroatoms. The second-order valence-corrected chi connectivity index (χ2v) is 5.64. The molecule has 0 bridgehead atoms. The lowest BCUT2D eigenvalue weighted by atomic mass is 10.2. The molecule has 0 saturated heterocycles. The van der Waals surface area contributed by atoms with Gasteiger partial charge < -0.3 is 9.30 Å². The fourth-order valence-corrected chi connectivity index (χ4v) is 2.66. The number of rotatable bonds is 7. The summed E-state index contributed by atoms with van der Waals surface area (Å²) < 4.78 is 7.03. The van der Waals surface area contributed by atoms with Crippen LogP contribution in [-0.4, -0.2) is 29.2 Å². The van der Waals surface area contributed by atoms with E-state index in [0.717, 1.165) is 16.6 Å². The summed E-state index contributed by atoms with van der Waals surface area (Å²) in [7, 11) is 1.64. The Kier molecular flexibility index (Phi) is 5.23. The molecular formula is C19H21N3O2. The SMILES string of the molecule is COCCCC(=O)Nc1nc2ccccc2n1Cc1ccccc1. The van der Waals surface area contributed by atoms with Crippen molar-refractivity contribution < 1.29 is 9.53 Å². The quantitative estimate of drug-likeness (QED) is 0.678. The van der Waals surface area contributed by atoms with Crippen molar-refractivity contribution in [2.75, 3.05) is 19.0 Å². The van der Waals surface area contributed by atoms with E-state index in [-0.39, 0.29) is 5.91 Å². The Morgan fingerprint density at radius 3 is 2.67 bits per heavy atom. The highest BCUT2D eigenvalue weighted by atomic mass is 16.5. The van der Waals surface area contributed by atoms with Crippen LogP contribution >= 0.6 is 0 Å². The van der Waals surface area contributed by atoms with E-state index in [1.165, 1.54) is 0 Å². The molecule has 3 aromatic rings. The first-order valence-electron chi connectivity index (χ1n) is 8.06. The van der Waals surface area contributed by atoms with Crippen LogP contribution in [-0.2, 0) is 16.1 Å². The molecule has 0 unspecified atom stereocenters.